The minimum atomic E-state index is -0.944. The Hall–Kier alpha value is -1.26. The number of carboxylic acid groups (broad SMARTS) is 1. The normalized spacial score (nSPS) is 10.6. The molecule has 1 amide bonds. The van der Waals surface area contributed by atoms with Gasteiger partial charge < -0.3 is 10.0 Å². The van der Waals surface area contributed by atoms with Crippen molar-refractivity contribution in [3.8, 4) is 0 Å². The van der Waals surface area contributed by atoms with Gasteiger partial charge in [-0.15, -0.1) is 0 Å². The van der Waals surface area contributed by atoms with Gasteiger partial charge in [-0.25, -0.2) is 0 Å². The lowest BCUT2D eigenvalue weighted by Gasteiger charge is -2.26. The van der Waals surface area contributed by atoms with Gasteiger partial charge in [0.15, 0.2) is 0 Å². The van der Waals surface area contributed by atoms with E-state index in [-0.39, 0.29) is 29.9 Å². The van der Waals surface area contributed by atoms with Crippen molar-refractivity contribution >= 4 is 35.1 Å². The number of carbonyl (C=O) groups is 2. The predicted molar refractivity (Wildman–Crippen MR) is 74.9 cm³/mol. The van der Waals surface area contributed by atoms with Gasteiger partial charge in [-0.05, 0) is 32.0 Å². The summed E-state index contributed by atoms with van der Waals surface area (Å²) >= 11 is 11.8. The zero-order chi connectivity index (χ0) is 14.6. The third-order valence-corrected chi connectivity index (χ3v) is 3.16. The SMILES string of the molecule is CC(C)N(CCC(=O)O)C(=O)c1ccc(Cl)cc1Cl. The van der Waals surface area contributed by atoms with Crippen LogP contribution in [0.2, 0.25) is 10.0 Å². The van der Waals surface area contributed by atoms with Crippen LogP contribution < -0.4 is 0 Å². The number of rotatable bonds is 5. The number of benzene rings is 1. The summed E-state index contributed by atoms with van der Waals surface area (Å²) in [6.45, 7) is 3.79. The summed E-state index contributed by atoms with van der Waals surface area (Å²) in [6, 6.07) is 4.50. The van der Waals surface area contributed by atoms with Gasteiger partial charge in [-0.1, -0.05) is 23.2 Å². The van der Waals surface area contributed by atoms with Gasteiger partial charge in [0.05, 0.1) is 17.0 Å². The number of amides is 1. The summed E-state index contributed by atoms with van der Waals surface area (Å²) < 4.78 is 0. The molecule has 0 aliphatic carbocycles. The van der Waals surface area contributed by atoms with Crippen LogP contribution in [0.5, 0.6) is 0 Å². The molecule has 0 aliphatic rings. The maximum absolute atomic E-state index is 12.3. The van der Waals surface area contributed by atoms with Crippen LogP contribution in [0.15, 0.2) is 18.2 Å². The zero-order valence-electron chi connectivity index (χ0n) is 10.7. The Balaban J connectivity index is 2.95. The molecule has 0 fully saturated rings. The van der Waals surface area contributed by atoms with Crippen molar-refractivity contribution in [1.82, 2.24) is 4.90 Å². The predicted octanol–water partition coefficient (Wildman–Crippen LogP) is 3.32. The zero-order valence-corrected chi connectivity index (χ0v) is 12.2. The van der Waals surface area contributed by atoms with E-state index in [1.807, 2.05) is 13.8 Å². The standard InChI is InChI=1S/C13H15Cl2NO3/c1-8(2)16(6-5-12(17)18)13(19)10-4-3-9(14)7-11(10)15/h3-4,7-8H,5-6H2,1-2H3,(H,17,18). The van der Waals surface area contributed by atoms with Crippen molar-refractivity contribution in [3.63, 3.8) is 0 Å². The summed E-state index contributed by atoms with van der Waals surface area (Å²) in [5.74, 6) is -1.24. The van der Waals surface area contributed by atoms with Gasteiger partial charge in [-0.2, -0.15) is 0 Å². The summed E-state index contributed by atoms with van der Waals surface area (Å²) in [7, 11) is 0. The number of carbonyl (C=O) groups excluding carboxylic acids is 1. The van der Waals surface area contributed by atoms with Crippen LogP contribution in [0.1, 0.15) is 30.6 Å². The lowest BCUT2D eigenvalue weighted by atomic mass is 10.1. The second-order valence-electron chi connectivity index (χ2n) is 4.36. The highest BCUT2D eigenvalue weighted by atomic mass is 35.5. The fourth-order valence-corrected chi connectivity index (χ4v) is 2.12. The molecule has 0 radical (unpaired) electrons. The first-order valence-corrected chi connectivity index (χ1v) is 6.56. The van der Waals surface area contributed by atoms with Crippen molar-refractivity contribution in [3.05, 3.63) is 33.8 Å². The van der Waals surface area contributed by atoms with Crippen molar-refractivity contribution < 1.29 is 14.7 Å². The molecule has 1 N–H and O–H groups in total. The van der Waals surface area contributed by atoms with Crippen molar-refractivity contribution in [2.45, 2.75) is 26.3 Å². The third-order valence-electron chi connectivity index (χ3n) is 2.61. The number of halogens is 2. The second kappa shape index (κ2) is 6.78. The van der Waals surface area contributed by atoms with Crippen molar-refractivity contribution in [1.29, 1.82) is 0 Å². The largest absolute Gasteiger partial charge is 0.481 e. The third kappa shape index (κ3) is 4.40. The molecule has 1 aromatic rings. The minimum absolute atomic E-state index is 0.102. The van der Waals surface area contributed by atoms with Gasteiger partial charge in [0.25, 0.3) is 5.91 Å². The topological polar surface area (TPSA) is 57.6 Å². The second-order valence-corrected chi connectivity index (χ2v) is 5.20. The van der Waals surface area contributed by atoms with E-state index in [1.165, 1.54) is 11.0 Å². The Morgan fingerprint density at radius 1 is 1.32 bits per heavy atom. The van der Waals surface area contributed by atoms with E-state index in [0.29, 0.717) is 10.6 Å². The summed E-state index contributed by atoms with van der Waals surface area (Å²) in [5, 5.41) is 9.42. The first kappa shape index (κ1) is 15.8. The quantitative estimate of drug-likeness (QED) is 0.908. The van der Waals surface area contributed by atoms with E-state index in [4.69, 9.17) is 28.3 Å². The van der Waals surface area contributed by atoms with Crippen LogP contribution in [0, 0.1) is 0 Å². The number of hydrogen-bond acceptors (Lipinski definition) is 2. The Morgan fingerprint density at radius 2 is 1.95 bits per heavy atom. The molecular weight excluding hydrogens is 289 g/mol. The van der Waals surface area contributed by atoms with Crippen LogP contribution in [-0.4, -0.2) is 34.5 Å². The molecule has 0 aromatic heterocycles. The Morgan fingerprint density at radius 3 is 2.42 bits per heavy atom. The molecule has 0 atom stereocenters. The average Bonchev–Trinajstić information content (AvgIpc) is 2.27. The number of nitrogens with zero attached hydrogens (tertiary/aromatic N) is 1. The van der Waals surface area contributed by atoms with E-state index >= 15 is 0 Å². The highest BCUT2D eigenvalue weighted by Crippen LogP contribution is 2.23. The molecule has 19 heavy (non-hydrogen) atoms. The lowest BCUT2D eigenvalue weighted by Crippen LogP contribution is -2.38. The van der Waals surface area contributed by atoms with Crippen LogP contribution in [-0.2, 0) is 4.79 Å². The molecule has 4 nitrogen and oxygen atoms in total. The fourth-order valence-electron chi connectivity index (χ4n) is 1.63. The summed E-state index contributed by atoms with van der Waals surface area (Å²) in [4.78, 5) is 24.4. The van der Waals surface area contributed by atoms with Crippen LogP contribution in [0.3, 0.4) is 0 Å². The minimum Gasteiger partial charge on any atom is -0.481 e. The number of aliphatic carboxylic acids is 1. The van der Waals surface area contributed by atoms with Crippen LogP contribution in [0.25, 0.3) is 0 Å². The molecule has 0 bridgehead atoms. The first-order valence-electron chi connectivity index (χ1n) is 5.80. The Labute approximate surface area is 121 Å². The molecule has 0 saturated carbocycles. The van der Waals surface area contributed by atoms with Crippen LogP contribution >= 0.6 is 23.2 Å². The molecule has 1 aromatic carbocycles. The lowest BCUT2D eigenvalue weighted by molar-refractivity contribution is -0.137. The number of carboxylic acids is 1. The molecule has 104 valence electrons. The van der Waals surface area contributed by atoms with Gasteiger partial charge in [0.1, 0.15) is 0 Å². The number of hydrogen-bond donors (Lipinski definition) is 1. The van der Waals surface area contributed by atoms with Gasteiger partial charge in [0.2, 0.25) is 0 Å². The monoisotopic (exact) mass is 303 g/mol. The van der Waals surface area contributed by atoms with E-state index in [0.717, 1.165) is 0 Å². The van der Waals surface area contributed by atoms with Gasteiger partial charge in [0, 0.05) is 17.6 Å². The molecule has 6 heteroatoms. The summed E-state index contributed by atoms with van der Waals surface area (Å²) in [6.07, 6.45) is -0.102. The molecule has 1 rings (SSSR count). The molecule has 0 unspecified atom stereocenters. The van der Waals surface area contributed by atoms with E-state index in [2.05, 4.69) is 0 Å². The van der Waals surface area contributed by atoms with Crippen LogP contribution in [0.4, 0.5) is 0 Å². The first-order chi connectivity index (χ1) is 8.82. The molecule has 0 heterocycles. The van der Waals surface area contributed by atoms with Gasteiger partial charge >= 0.3 is 5.97 Å². The highest BCUT2D eigenvalue weighted by molar-refractivity contribution is 6.36. The maximum atomic E-state index is 12.3. The molecular formula is C13H15Cl2NO3. The summed E-state index contributed by atoms with van der Waals surface area (Å²) in [5.41, 5.74) is 0.324. The Kier molecular flexibility index (Phi) is 5.63. The van der Waals surface area contributed by atoms with Crippen molar-refractivity contribution in [2.75, 3.05) is 6.54 Å². The van der Waals surface area contributed by atoms with Crippen molar-refractivity contribution in [2.24, 2.45) is 0 Å². The van der Waals surface area contributed by atoms with E-state index in [9.17, 15) is 9.59 Å². The maximum Gasteiger partial charge on any atom is 0.305 e. The molecule has 0 aliphatic heterocycles. The highest BCUT2D eigenvalue weighted by Gasteiger charge is 2.21. The molecule has 0 saturated heterocycles. The van der Waals surface area contributed by atoms with E-state index < -0.39 is 5.97 Å². The van der Waals surface area contributed by atoms with E-state index in [1.54, 1.807) is 12.1 Å². The smallest absolute Gasteiger partial charge is 0.305 e. The fraction of sp³-hybridized carbons (Fsp3) is 0.385. The average molecular weight is 304 g/mol. The Bertz CT molecular complexity index is 489. The van der Waals surface area contributed by atoms with Gasteiger partial charge in [-0.3, -0.25) is 9.59 Å². The molecule has 0 spiro atoms.